The number of hydrogen-bond acceptors (Lipinski definition) is 10. The highest BCUT2D eigenvalue weighted by Crippen LogP contribution is 2.32. The van der Waals surface area contributed by atoms with Gasteiger partial charge < -0.3 is 25.4 Å². The zero-order valence-electron chi connectivity index (χ0n) is 20.9. The van der Waals surface area contributed by atoms with Gasteiger partial charge in [0.25, 0.3) is 5.91 Å². The van der Waals surface area contributed by atoms with Gasteiger partial charge in [0.1, 0.15) is 5.82 Å². The summed E-state index contributed by atoms with van der Waals surface area (Å²) in [5, 5.41) is 13.1. The maximum absolute atomic E-state index is 13.3. The predicted octanol–water partition coefficient (Wildman–Crippen LogP) is 2.06. The van der Waals surface area contributed by atoms with E-state index >= 15 is 0 Å². The van der Waals surface area contributed by atoms with E-state index in [9.17, 15) is 14.4 Å². The lowest BCUT2D eigenvalue weighted by molar-refractivity contribution is -0.136. The Morgan fingerprint density at radius 3 is 2.71 bits per heavy atom. The summed E-state index contributed by atoms with van der Waals surface area (Å²) in [6.07, 6.45) is 3.78. The number of fused-ring (bicyclic) bond motifs is 1. The van der Waals surface area contributed by atoms with Crippen molar-refractivity contribution in [3.05, 3.63) is 50.6 Å². The largest absolute Gasteiger partial charge is 0.345 e. The van der Waals surface area contributed by atoms with Gasteiger partial charge in [-0.25, -0.2) is 9.97 Å². The van der Waals surface area contributed by atoms with Crippen LogP contribution >= 0.6 is 22.9 Å². The molecule has 5 rings (SSSR count). The highest BCUT2D eigenvalue weighted by molar-refractivity contribution is 7.13. The molecule has 2 aliphatic rings. The Bertz CT molecular complexity index is 1340. The molecule has 14 heteroatoms. The van der Waals surface area contributed by atoms with Crippen molar-refractivity contribution < 1.29 is 18.9 Å². The third-order valence-corrected chi connectivity index (χ3v) is 7.99. The number of amides is 3. The van der Waals surface area contributed by atoms with Crippen LogP contribution in [0.4, 0.5) is 5.82 Å². The summed E-state index contributed by atoms with van der Waals surface area (Å²) in [6.45, 7) is 3.38. The van der Waals surface area contributed by atoms with Gasteiger partial charge in [-0.05, 0) is 38.4 Å². The summed E-state index contributed by atoms with van der Waals surface area (Å²) >= 11 is 7.21. The van der Waals surface area contributed by atoms with E-state index in [0.717, 1.165) is 30.1 Å². The Labute approximate surface area is 227 Å². The van der Waals surface area contributed by atoms with Gasteiger partial charge in [-0.3, -0.25) is 14.4 Å². The van der Waals surface area contributed by atoms with E-state index in [4.69, 9.17) is 16.1 Å². The van der Waals surface area contributed by atoms with Crippen molar-refractivity contribution in [1.29, 1.82) is 0 Å². The van der Waals surface area contributed by atoms with Crippen LogP contribution in [0.2, 0.25) is 5.02 Å². The summed E-state index contributed by atoms with van der Waals surface area (Å²) in [4.78, 5) is 54.7. The smallest absolute Gasteiger partial charge is 0.314 e. The molecular formula is C24H27ClN8O4S. The van der Waals surface area contributed by atoms with E-state index in [1.54, 1.807) is 13.0 Å². The molecule has 1 aliphatic carbocycles. The highest BCUT2D eigenvalue weighted by atomic mass is 35.5. The zero-order valence-corrected chi connectivity index (χ0v) is 22.4. The molecule has 3 atom stereocenters. The quantitative estimate of drug-likeness (QED) is 0.399. The zero-order chi connectivity index (χ0) is 26.8. The van der Waals surface area contributed by atoms with Crippen molar-refractivity contribution >= 4 is 46.5 Å². The number of carbonyl (C=O) groups is 3. The monoisotopic (exact) mass is 558 g/mol. The van der Waals surface area contributed by atoms with Gasteiger partial charge in [0.15, 0.2) is 10.8 Å². The number of halogens is 1. The van der Waals surface area contributed by atoms with Crippen LogP contribution in [-0.4, -0.2) is 68.4 Å². The predicted molar refractivity (Wildman–Crippen MR) is 139 cm³/mol. The fourth-order valence-corrected chi connectivity index (χ4v) is 5.93. The number of nitrogens with zero attached hydrogens (tertiary/aromatic N) is 5. The summed E-state index contributed by atoms with van der Waals surface area (Å²) in [7, 11) is 2.04. The molecule has 4 heterocycles. The molecule has 0 bridgehead atoms. The number of rotatable bonds is 5. The summed E-state index contributed by atoms with van der Waals surface area (Å²) in [6, 6.07) is 2.10. The molecule has 0 saturated heterocycles. The lowest BCUT2D eigenvalue weighted by Crippen LogP contribution is -2.56. The SMILES string of the molecule is Cc1nc([C@H]2CC[C@H](NC(=O)C(=O)Nc3ccc(Cl)cn3)[C@H](NC(=O)c3nc4c(s3)CN(C)CC4)C2)no1. The van der Waals surface area contributed by atoms with Crippen molar-refractivity contribution in [3.8, 4) is 0 Å². The van der Waals surface area contributed by atoms with Gasteiger partial charge in [0.2, 0.25) is 5.89 Å². The van der Waals surface area contributed by atoms with Crippen molar-refractivity contribution in [2.45, 2.75) is 57.2 Å². The second-order valence-electron chi connectivity index (χ2n) is 9.53. The Hall–Kier alpha value is -3.42. The number of hydrogen-bond donors (Lipinski definition) is 3. The van der Waals surface area contributed by atoms with Crippen molar-refractivity contribution in [2.75, 3.05) is 18.9 Å². The molecule has 38 heavy (non-hydrogen) atoms. The maximum Gasteiger partial charge on any atom is 0.314 e. The van der Waals surface area contributed by atoms with Crippen LogP contribution in [-0.2, 0) is 22.6 Å². The molecule has 1 saturated carbocycles. The number of pyridine rings is 1. The Kier molecular flexibility index (Phi) is 7.68. The minimum atomic E-state index is -0.863. The van der Waals surface area contributed by atoms with E-state index in [0.29, 0.717) is 41.0 Å². The fourth-order valence-electron chi connectivity index (χ4n) is 4.73. The van der Waals surface area contributed by atoms with E-state index in [1.165, 1.54) is 23.6 Å². The van der Waals surface area contributed by atoms with Crippen molar-refractivity contribution in [3.63, 3.8) is 0 Å². The number of likely N-dealkylation sites (N-methyl/N-ethyl adjacent to an activating group) is 1. The van der Waals surface area contributed by atoms with E-state index in [2.05, 4.69) is 41.0 Å². The molecule has 3 amide bonds. The number of aryl methyl sites for hydroxylation is 1. The molecule has 1 aliphatic heterocycles. The molecule has 3 N–H and O–H groups in total. The van der Waals surface area contributed by atoms with Gasteiger partial charge in [-0.2, -0.15) is 4.98 Å². The van der Waals surface area contributed by atoms with E-state index in [1.807, 2.05) is 7.05 Å². The molecule has 0 spiro atoms. The van der Waals surface area contributed by atoms with Crippen LogP contribution in [0.15, 0.2) is 22.9 Å². The van der Waals surface area contributed by atoms with Gasteiger partial charge in [0, 0.05) is 49.5 Å². The van der Waals surface area contributed by atoms with E-state index < -0.39 is 23.9 Å². The normalized spacial score (nSPS) is 21.4. The molecule has 0 radical (unpaired) electrons. The molecule has 1 fully saturated rings. The van der Waals surface area contributed by atoms with Crippen LogP contribution in [0.3, 0.4) is 0 Å². The third-order valence-electron chi connectivity index (χ3n) is 6.68. The average molecular weight is 559 g/mol. The van der Waals surface area contributed by atoms with Crippen molar-refractivity contribution in [1.82, 2.24) is 35.6 Å². The van der Waals surface area contributed by atoms with Gasteiger partial charge in [-0.1, -0.05) is 16.8 Å². The standard InChI is InChI=1S/C24H27ClN8O4S/c1-12-27-20(32-37-12)13-3-5-15(28-21(34)22(35)31-19-6-4-14(25)10-26-19)17(9-13)29-23(36)24-30-16-7-8-33(2)11-18(16)38-24/h4,6,10,13,15,17H,3,5,7-9,11H2,1-2H3,(H,28,34)(H,29,36)(H,26,31,35)/t13-,15-,17+/m0/s1. The summed E-state index contributed by atoms with van der Waals surface area (Å²) in [5.41, 5.74) is 0.958. The minimum Gasteiger partial charge on any atom is -0.345 e. The first-order valence-corrected chi connectivity index (χ1v) is 13.5. The first kappa shape index (κ1) is 26.2. The second kappa shape index (κ2) is 11.1. The van der Waals surface area contributed by atoms with Crippen LogP contribution in [0, 0.1) is 6.92 Å². The number of thiazole rings is 1. The molecule has 200 valence electrons. The molecule has 3 aromatic heterocycles. The lowest BCUT2D eigenvalue weighted by Gasteiger charge is -2.35. The Morgan fingerprint density at radius 1 is 1.13 bits per heavy atom. The minimum absolute atomic E-state index is 0.0730. The highest BCUT2D eigenvalue weighted by Gasteiger charge is 2.37. The second-order valence-corrected chi connectivity index (χ2v) is 11.1. The molecule has 3 aromatic rings. The number of carbonyl (C=O) groups excluding carboxylic acids is 3. The molecule has 12 nitrogen and oxygen atoms in total. The summed E-state index contributed by atoms with van der Waals surface area (Å²) in [5.74, 6) is -0.848. The molecule has 0 aromatic carbocycles. The molecule has 0 unspecified atom stereocenters. The Balaban J connectivity index is 1.29. The van der Waals surface area contributed by atoms with Gasteiger partial charge >= 0.3 is 11.8 Å². The topological polar surface area (TPSA) is 155 Å². The van der Waals surface area contributed by atoms with Crippen molar-refractivity contribution in [2.24, 2.45) is 0 Å². The fraction of sp³-hybridized carbons (Fsp3) is 0.458. The van der Waals surface area contributed by atoms with Gasteiger partial charge in [0.05, 0.1) is 16.8 Å². The van der Waals surface area contributed by atoms with Crippen LogP contribution in [0.5, 0.6) is 0 Å². The molecular weight excluding hydrogens is 532 g/mol. The van der Waals surface area contributed by atoms with E-state index in [-0.39, 0.29) is 17.6 Å². The maximum atomic E-state index is 13.3. The van der Waals surface area contributed by atoms with Crippen LogP contribution in [0.1, 0.15) is 57.3 Å². The third kappa shape index (κ3) is 6.00. The number of aromatic nitrogens is 4. The number of anilines is 1. The van der Waals surface area contributed by atoms with Gasteiger partial charge in [-0.15, -0.1) is 11.3 Å². The first-order valence-electron chi connectivity index (χ1n) is 12.3. The average Bonchev–Trinajstić information content (AvgIpc) is 3.52. The van der Waals surface area contributed by atoms with Crippen LogP contribution < -0.4 is 16.0 Å². The summed E-state index contributed by atoms with van der Waals surface area (Å²) < 4.78 is 5.15. The number of nitrogens with one attached hydrogen (secondary N) is 3. The first-order chi connectivity index (χ1) is 18.2. The van der Waals surface area contributed by atoms with Crippen LogP contribution in [0.25, 0.3) is 0 Å². The Morgan fingerprint density at radius 2 is 1.97 bits per heavy atom. The lowest BCUT2D eigenvalue weighted by atomic mass is 9.81.